The fourth-order valence-corrected chi connectivity index (χ4v) is 3.27. The van der Waals surface area contributed by atoms with Crippen LogP contribution in [0.3, 0.4) is 0 Å². The van der Waals surface area contributed by atoms with Crippen molar-refractivity contribution in [2.24, 2.45) is 17.8 Å². The second-order valence-corrected chi connectivity index (χ2v) is 5.85. The summed E-state index contributed by atoms with van der Waals surface area (Å²) in [5.74, 6) is 1.33. The van der Waals surface area contributed by atoms with E-state index in [-0.39, 0.29) is 24.7 Å². The molecule has 1 fully saturated rings. The van der Waals surface area contributed by atoms with Crippen LogP contribution in [-0.2, 0) is 14.3 Å². The third-order valence-corrected chi connectivity index (χ3v) is 4.60. The molecule has 5 nitrogen and oxygen atoms in total. The van der Waals surface area contributed by atoms with Gasteiger partial charge in [-0.05, 0) is 50.5 Å². The van der Waals surface area contributed by atoms with Crippen LogP contribution in [0.1, 0.15) is 39.0 Å². The van der Waals surface area contributed by atoms with Crippen molar-refractivity contribution < 1.29 is 19.4 Å². The van der Waals surface area contributed by atoms with Crippen LogP contribution < -0.4 is 5.32 Å². The number of carbonyl (C=O) groups is 1. The fourth-order valence-electron chi connectivity index (χ4n) is 3.27. The molecule has 0 bridgehead atoms. The van der Waals surface area contributed by atoms with Crippen LogP contribution in [0.4, 0.5) is 0 Å². The van der Waals surface area contributed by atoms with E-state index >= 15 is 0 Å². The average molecular weight is 297 g/mol. The Balaban J connectivity index is 2.20. The van der Waals surface area contributed by atoms with Gasteiger partial charge in [-0.3, -0.25) is 4.79 Å². The topological polar surface area (TPSA) is 67.8 Å². The molecule has 5 heteroatoms. The summed E-state index contributed by atoms with van der Waals surface area (Å²) in [7, 11) is 1.61. The maximum atomic E-state index is 11.9. The van der Waals surface area contributed by atoms with Gasteiger partial charge >= 0.3 is 0 Å². The van der Waals surface area contributed by atoms with Gasteiger partial charge < -0.3 is 19.9 Å². The Morgan fingerprint density at radius 3 is 2.81 bits per heavy atom. The summed E-state index contributed by atoms with van der Waals surface area (Å²) in [6.45, 7) is 2.67. The van der Waals surface area contributed by atoms with E-state index in [0.717, 1.165) is 12.8 Å². The summed E-state index contributed by atoms with van der Waals surface area (Å²) in [6, 6.07) is 0. The molecule has 1 aliphatic heterocycles. The lowest BCUT2D eigenvalue weighted by atomic mass is 9.68. The minimum absolute atomic E-state index is 0.179. The second kappa shape index (κ2) is 7.80. The molecule has 1 amide bonds. The first-order valence-corrected chi connectivity index (χ1v) is 8.04. The van der Waals surface area contributed by atoms with Crippen molar-refractivity contribution in [2.45, 2.75) is 45.3 Å². The Kier molecular flexibility index (Phi) is 6.06. The average Bonchev–Trinajstić information content (AvgIpc) is 2.43. The summed E-state index contributed by atoms with van der Waals surface area (Å²) in [4.78, 5) is 11.9. The molecule has 0 aromatic carbocycles. The van der Waals surface area contributed by atoms with Gasteiger partial charge in [-0.2, -0.15) is 0 Å². The zero-order valence-corrected chi connectivity index (χ0v) is 13.0. The number of allylic oxidation sites excluding steroid dienone is 1. The Hall–Kier alpha value is -1.07. The minimum atomic E-state index is -0.385. The lowest BCUT2D eigenvalue weighted by Crippen LogP contribution is -2.42. The molecule has 21 heavy (non-hydrogen) atoms. The summed E-state index contributed by atoms with van der Waals surface area (Å²) in [6.07, 6.45) is 6.87. The van der Waals surface area contributed by atoms with Gasteiger partial charge in [0.25, 0.3) is 5.91 Å². The molecule has 1 heterocycles. The molecule has 1 aliphatic carbocycles. The van der Waals surface area contributed by atoms with Crippen molar-refractivity contribution >= 4 is 5.91 Å². The Morgan fingerprint density at radius 1 is 1.52 bits per heavy atom. The van der Waals surface area contributed by atoms with Gasteiger partial charge in [-0.1, -0.05) is 6.42 Å². The normalized spacial score (nSPS) is 29.3. The van der Waals surface area contributed by atoms with Gasteiger partial charge in [0.1, 0.15) is 0 Å². The van der Waals surface area contributed by atoms with Crippen molar-refractivity contribution in [3.63, 3.8) is 0 Å². The van der Waals surface area contributed by atoms with Crippen LogP contribution in [0.5, 0.6) is 0 Å². The number of rotatable bonds is 7. The largest absolute Gasteiger partial charge is 0.459 e. The highest BCUT2D eigenvalue weighted by Crippen LogP contribution is 2.44. The first kappa shape index (κ1) is 16.3. The predicted molar refractivity (Wildman–Crippen MR) is 79.3 cm³/mol. The molecule has 0 saturated heterocycles. The van der Waals surface area contributed by atoms with Crippen LogP contribution in [0.25, 0.3) is 0 Å². The highest BCUT2D eigenvalue weighted by Gasteiger charge is 2.41. The lowest BCUT2D eigenvalue weighted by molar-refractivity contribution is -0.178. The van der Waals surface area contributed by atoms with E-state index in [1.54, 1.807) is 7.05 Å². The molecule has 2 aliphatic rings. The van der Waals surface area contributed by atoms with E-state index in [9.17, 15) is 4.79 Å². The molecule has 120 valence electrons. The summed E-state index contributed by atoms with van der Waals surface area (Å²) in [5, 5.41) is 11.7. The van der Waals surface area contributed by atoms with Gasteiger partial charge in [-0.25, -0.2) is 0 Å². The first-order valence-electron chi connectivity index (χ1n) is 8.04. The number of aliphatic hydroxyl groups excluding tert-OH is 1. The van der Waals surface area contributed by atoms with Gasteiger partial charge in [0.05, 0.1) is 0 Å². The SMILES string of the molecule is CCO[C@@H]1OC(C(=O)NC)=C[C@H](C2CCC2)[C@H]1CCCO. The molecule has 0 unspecified atom stereocenters. The van der Waals surface area contributed by atoms with E-state index in [4.69, 9.17) is 14.6 Å². The molecule has 0 spiro atoms. The fraction of sp³-hybridized carbons (Fsp3) is 0.812. The maximum absolute atomic E-state index is 11.9. The predicted octanol–water partition coefficient (Wildman–Crippen LogP) is 1.81. The summed E-state index contributed by atoms with van der Waals surface area (Å²) >= 11 is 0. The third-order valence-electron chi connectivity index (χ3n) is 4.60. The zero-order valence-electron chi connectivity index (χ0n) is 13.0. The second-order valence-electron chi connectivity index (χ2n) is 5.85. The quantitative estimate of drug-likeness (QED) is 0.752. The molecule has 0 aromatic heterocycles. The van der Waals surface area contributed by atoms with Crippen LogP contribution in [0.15, 0.2) is 11.8 Å². The van der Waals surface area contributed by atoms with Crippen LogP contribution in [-0.4, -0.2) is 37.6 Å². The van der Waals surface area contributed by atoms with Crippen LogP contribution in [0.2, 0.25) is 0 Å². The minimum Gasteiger partial charge on any atom is -0.459 e. The van der Waals surface area contributed by atoms with Crippen molar-refractivity contribution in [1.29, 1.82) is 0 Å². The van der Waals surface area contributed by atoms with Crippen molar-refractivity contribution in [3.05, 3.63) is 11.8 Å². The Labute approximate surface area is 126 Å². The van der Waals surface area contributed by atoms with Crippen molar-refractivity contribution in [3.8, 4) is 0 Å². The Bertz CT molecular complexity index is 378. The zero-order chi connectivity index (χ0) is 15.2. The number of carbonyl (C=O) groups excluding carboxylic acids is 1. The summed E-state index contributed by atoms with van der Waals surface area (Å²) < 4.78 is 11.5. The molecule has 2 N–H and O–H groups in total. The number of hydrogen-bond acceptors (Lipinski definition) is 4. The lowest BCUT2D eigenvalue weighted by Gasteiger charge is -2.43. The number of amides is 1. The molecule has 2 rings (SSSR count). The monoisotopic (exact) mass is 297 g/mol. The first-order chi connectivity index (χ1) is 10.2. The molecule has 1 saturated carbocycles. The van der Waals surface area contributed by atoms with E-state index in [2.05, 4.69) is 5.32 Å². The van der Waals surface area contributed by atoms with E-state index < -0.39 is 0 Å². The van der Waals surface area contributed by atoms with E-state index in [0.29, 0.717) is 24.2 Å². The van der Waals surface area contributed by atoms with Crippen LogP contribution >= 0.6 is 0 Å². The molecule has 0 aromatic rings. The molecular weight excluding hydrogens is 270 g/mol. The standard InChI is InChI=1S/C16H27NO4/c1-3-20-16-12(8-5-9-18)13(11-6-4-7-11)10-14(21-16)15(19)17-2/h10-13,16,18H,3-9H2,1-2H3,(H,17,19)/t12-,13-,16-/m1/s1. The van der Waals surface area contributed by atoms with E-state index in [1.807, 2.05) is 13.0 Å². The summed E-state index contributed by atoms with van der Waals surface area (Å²) in [5.41, 5.74) is 0. The molecule has 3 atom stereocenters. The number of ether oxygens (including phenoxy) is 2. The number of aliphatic hydroxyl groups is 1. The van der Waals surface area contributed by atoms with E-state index in [1.165, 1.54) is 19.3 Å². The van der Waals surface area contributed by atoms with Gasteiger partial charge in [0.2, 0.25) is 6.29 Å². The maximum Gasteiger partial charge on any atom is 0.285 e. The molecule has 0 radical (unpaired) electrons. The van der Waals surface area contributed by atoms with Crippen molar-refractivity contribution in [2.75, 3.05) is 20.3 Å². The number of nitrogens with one attached hydrogen (secondary N) is 1. The van der Waals surface area contributed by atoms with Gasteiger partial charge in [0, 0.05) is 26.2 Å². The smallest absolute Gasteiger partial charge is 0.285 e. The number of hydrogen-bond donors (Lipinski definition) is 2. The Morgan fingerprint density at radius 2 is 2.29 bits per heavy atom. The highest BCUT2D eigenvalue weighted by molar-refractivity contribution is 5.91. The highest BCUT2D eigenvalue weighted by atomic mass is 16.7. The number of likely N-dealkylation sites (N-methyl/N-ethyl adjacent to an activating group) is 1. The van der Waals surface area contributed by atoms with Crippen LogP contribution in [0, 0.1) is 17.8 Å². The van der Waals surface area contributed by atoms with Crippen molar-refractivity contribution in [1.82, 2.24) is 5.32 Å². The van der Waals surface area contributed by atoms with Gasteiger partial charge in [-0.15, -0.1) is 0 Å². The van der Waals surface area contributed by atoms with Gasteiger partial charge in [0.15, 0.2) is 5.76 Å². The molecular formula is C16H27NO4. The third kappa shape index (κ3) is 3.77.